The summed E-state index contributed by atoms with van der Waals surface area (Å²) in [7, 11) is 0. The molecule has 0 saturated heterocycles. The molecule has 15 heavy (non-hydrogen) atoms. The highest BCUT2D eigenvalue weighted by molar-refractivity contribution is 6.17. The Kier molecular flexibility index (Phi) is 10.1. The third kappa shape index (κ3) is 12.8. The van der Waals surface area contributed by atoms with Gasteiger partial charge in [-0.2, -0.15) is 0 Å². The van der Waals surface area contributed by atoms with Crippen molar-refractivity contribution in [3.63, 3.8) is 0 Å². The fourth-order valence-corrected chi connectivity index (χ4v) is 1.01. The summed E-state index contributed by atoms with van der Waals surface area (Å²) >= 11 is 5.35. The van der Waals surface area contributed by atoms with E-state index in [4.69, 9.17) is 11.6 Å². The van der Waals surface area contributed by atoms with E-state index < -0.39 is 0 Å². The van der Waals surface area contributed by atoms with Crippen LogP contribution in [0, 0.1) is 10.1 Å². The quantitative estimate of drug-likeness (QED) is 0.338. The molecule has 84 valence electrons. The summed E-state index contributed by atoms with van der Waals surface area (Å²) in [4.78, 5) is 13.2. The van der Waals surface area contributed by atoms with Crippen LogP contribution in [0.1, 0.15) is 19.3 Å². The first-order valence-electron chi connectivity index (χ1n) is 4.80. The number of nitrogens with zero attached hydrogens (tertiary/aromatic N) is 2. The smallest absolute Gasteiger partial charge is 0.203 e. The second kappa shape index (κ2) is 10.9. The second-order valence-electron chi connectivity index (χ2n) is 2.83. The topological polar surface area (TPSA) is 56.0 Å². The maximum atomic E-state index is 9.74. The van der Waals surface area contributed by atoms with E-state index in [1.54, 1.807) is 12.4 Å². The van der Waals surface area contributed by atoms with Gasteiger partial charge in [-0.3, -0.25) is 15.1 Å². The van der Waals surface area contributed by atoms with E-state index in [2.05, 4.69) is 4.98 Å². The fourth-order valence-electron chi connectivity index (χ4n) is 0.825. The molecular weight excluding hydrogens is 216 g/mol. The Morgan fingerprint density at radius 2 is 1.80 bits per heavy atom. The molecule has 1 rings (SSSR count). The number of unbranched alkanes of at least 4 members (excludes halogenated alkanes) is 2. The number of rotatable bonds is 5. The monoisotopic (exact) mass is 230 g/mol. The summed E-state index contributed by atoms with van der Waals surface area (Å²) in [5.41, 5.74) is 0. The highest BCUT2D eigenvalue weighted by Crippen LogP contribution is 1.96. The van der Waals surface area contributed by atoms with Crippen LogP contribution in [-0.2, 0) is 0 Å². The third-order valence-electron chi connectivity index (χ3n) is 1.54. The van der Waals surface area contributed by atoms with E-state index in [0.717, 1.165) is 12.8 Å². The molecule has 0 aliphatic rings. The average Bonchev–Trinajstić information content (AvgIpc) is 2.28. The van der Waals surface area contributed by atoms with Gasteiger partial charge in [-0.15, -0.1) is 11.6 Å². The molecule has 0 aromatic carbocycles. The van der Waals surface area contributed by atoms with Crippen LogP contribution in [0.2, 0.25) is 0 Å². The number of halogens is 1. The summed E-state index contributed by atoms with van der Waals surface area (Å²) in [6.45, 7) is 0.0802. The molecule has 0 saturated carbocycles. The molecule has 0 spiro atoms. The Bertz CT molecular complexity index is 218. The number of pyridine rings is 1. The van der Waals surface area contributed by atoms with E-state index >= 15 is 0 Å². The third-order valence-corrected chi connectivity index (χ3v) is 1.81. The zero-order valence-electron chi connectivity index (χ0n) is 8.51. The lowest BCUT2D eigenvalue weighted by molar-refractivity contribution is -0.480. The Balaban J connectivity index is 0.000000280. The van der Waals surface area contributed by atoms with Crippen LogP contribution in [-0.4, -0.2) is 22.3 Å². The summed E-state index contributed by atoms with van der Waals surface area (Å²) in [6, 6.07) is 5.72. The highest BCUT2D eigenvalue weighted by Gasteiger charge is 1.94. The lowest BCUT2D eigenvalue weighted by Gasteiger charge is -1.90. The number of hydrogen-bond acceptors (Lipinski definition) is 3. The number of hydrogen-bond donors (Lipinski definition) is 0. The van der Waals surface area contributed by atoms with Gasteiger partial charge in [0.15, 0.2) is 0 Å². The van der Waals surface area contributed by atoms with Crippen LogP contribution in [0.25, 0.3) is 0 Å². The molecule has 0 N–H and O–H groups in total. The summed E-state index contributed by atoms with van der Waals surface area (Å²) in [6.07, 6.45) is 5.90. The standard InChI is InChI=1S/C5H10ClNO2.C5H5N/c6-4-2-1-3-5-7(8)9;1-2-4-6-5-3-1/h1-5H2;1-5H. The van der Waals surface area contributed by atoms with Gasteiger partial charge in [0.05, 0.1) is 0 Å². The zero-order valence-corrected chi connectivity index (χ0v) is 9.27. The van der Waals surface area contributed by atoms with Crippen LogP contribution < -0.4 is 0 Å². The maximum Gasteiger partial charge on any atom is 0.203 e. The summed E-state index contributed by atoms with van der Waals surface area (Å²) in [5, 5.41) is 9.74. The maximum absolute atomic E-state index is 9.74. The Hall–Kier alpha value is -1.16. The van der Waals surface area contributed by atoms with Gasteiger partial charge in [0.2, 0.25) is 6.54 Å². The van der Waals surface area contributed by atoms with E-state index in [0.29, 0.717) is 12.3 Å². The number of nitro groups is 1. The van der Waals surface area contributed by atoms with Crippen molar-refractivity contribution in [2.75, 3.05) is 12.4 Å². The molecule has 0 amide bonds. The van der Waals surface area contributed by atoms with Crippen molar-refractivity contribution in [3.8, 4) is 0 Å². The summed E-state index contributed by atoms with van der Waals surface area (Å²) < 4.78 is 0. The molecule has 0 unspecified atom stereocenters. The fraction of sp³-hybridized carbons (Fsp3) is 0.500. The molecule has 0 atom stereocenters. The largest absolute Gasteiger partial charge is 0.265 e. The van der Waals surface area contributed by atoms with Gasteiger partial charge in [0, 0.05) is 29.6 Å². The van der Waals surface area contributed by atoms with Crippen molar-refractivity contribution in [2.45, 2.75) is 19.3 Å². The van der Waals surface area contributed by atoms with Crippen molar-refractivity contribution < 1.29 is 4.92 Å². The molecule has 4 nitrogen and oxygen atoms in total. The van der Waals surface area contributed by atoms with Gasteiger partial charge < -0.3 is 0 Å². The van der Waals surface area contributed by atoms with Crippen LogP contribution in [0.15, 0.2) is 30.6 Å². The highest BCUT2D eigenvalue weighted by atomic mass is 35.5. The molecule has 0 radical (unpaired) electrons. The Labute approximate surface area is 94.4 Å². The van der Waals surface area contributed by atoms with Gasteiger partial charge in [-0.1, -0.05) is 6.07 Å². The van der Waals surface area contributed by atoms with Crippen LogP contribution in [0.5, 0.6) is 0 Å². The van der Waals surface area contributed by atoms with Crippen LogP contribution in [0.4, 0.5) is 0 Å². The first kappa shape index (κ1) is 13.8. The SMILES string of the molecule is O=[N+]([O-])CCCCCCl.c1ccncc1. The predicted octanol–water partition coefficient (Wildman–Crippen LogP) is 2.75. The number of aromatic nitrogens is 1. The second-order valence-corrected chi connectivity index (χ2v) is 3.21. The molecule has 1 heterocycles. The molecule has 0 fully saturated rings. The molecule has 0 aliphatic heterocycles. The predicted molar refractivity (Wildman–Crippen MR) is 60.7 cm³/mol. The molecule has 5 heteroatoms. The molecule has 1 aromatic heterocycles. The van der Waals surface area contributed by atoms with Crippen molar-refractivity contribution in [3.05, 3.63) is 40.7 Å². The van der Waals surface area contributed by atoms with Gasteiger partial charge in [-0.25, -0.2) is 0 Å². The van der Waals surface area contributed by atoms with Crippen molar-refractivity contribution >= 4 is 11.6 Å². The normalized spacial score (nSPS) is 8.87. The minimum absolute atomic E-state index is 0.0802. The lowest BCUT2D eigenvalue weighted by atomic mass is 10.2. The molecule has 1 aromatic rings. The van der Waals surface area contributed by atoms with E-state index in [1.165, 1.54) is 0 Å². The van der Waals surface area contributed by atoms with E-state index in [-0.39, 0.29) is 11.5 Å². The lowest BCUT2D eigenvalue weighted by Crippen LogP contribution is -1.99. The van der Waals surface area contributed by atoms with Crippen molar-refractivity contribution in [1.82, 2.24) is 4.98 Å². The van der Waals surface area contributed by atoms with Gasteiger partial charge in [0.25, 0.3) is 0 Å². The van der Waals surface area contributed by atoms with Crippen molar-refractivity contribution in [2.24, 2.45) is 0 Å². The van der Waals surface area contributed by atoms with Gasteiger partial charge in [-0.05, 0) is 25.0 Å². The minimum Gasteiger partial charge on any atom is -0.265 e. The first-order chi connectivity index (χ1) is 7.27. The summed E-state index contributed by atoms with van der Waals surface area (Å²) in [5.74, 6) is 0.609. The van der Waals surface area contributed by atoms with Crippen LogP contribution >= 0.6 is 11.6 Å². The minimum atomic E-state index is -0.297. The van der Waals surface area contributed by atoms with E-state index in [9.17, 15) is 10.1 Å². The average molecular weight is 231 g/mol. The Morgan fingerprint density at radius 1 is 1.13 bits per heavy atom. The Morgan fingerprint density at radius 3 is 2.13 bits per heavy atom. The molecule has 0 aliphatic carbocycles. The number of alkyl halides is 1. The zero-order chi connectivity index (χ0) is 11.4. The van der Waals surface area contributed by atoms with Gasteiger partial charge >= 0.3 is 0 Å². The van der Waals surface area contributed by atoms with Crippen molar-refractivity contribution in [1.29, 1.82) is 0 Å². The van der Waals surface area contributed by atoms with Gasteiger partial charge in [0.1, 0.15) is 0 Å². The first-order valence-corrected chi connectivity index (χ1v) is 5.33. The molecule has 0 bridgehead atoms. The van der Waals surface area contributed by atoms with Crippen LogP contribution in [0.3, 0.4) is 0 Å². The molecular formula is C10H15ClN2O2. The van der Waals surface area contributed by atoms with E-state index in [1.807, 2.05) is 18.2 Å².